The van der Waals surface area contributed by atoms with Crippen LogP contribution in [0.3, 0.4) is 0 Å². The zero-order chi connectivity index (χ0) is 22.9. The summed E-state index contributed by atoms with van der Waals surface area (Å²) in [7, 11) is -3.53. The molecule has 0 bridgehead atoms. The lowest BCUT2D eigenvalue weighted by Gasteiger charge is -2.37. The normalized spacial score (nSPS) is 15.4. The molecular formula is C21H21F2N3O3S3. The number of hydrogen-bond acceptors (Lipinski definition) is 6. The van der Waals surface area contributed by atoms with Crippen molar-refractivity contribution >= 4 is 38.6 Å². The lowest BCUT2D eigenvalue weighted by molar-refractivity contribution is 0.0666. The quantitative estimate of drug-likeness (QED) is 0.511. The molecule has 1 aromatic carbocycles. The number of likely N-dealkylation sites (tertiary alicyclic amines) is 1. The highest BCUT2D eigenvalue weighted by Gasteiger charge is 2.33. The molecule has 1 amide bonds. The Balaban J connectivity index is 1.45. The molecule has 0 unspecified atom stereocenters. The molecule has 0 saturated carbocycles. The Morgan fingerprint density at radius 3 is 2.44 bits per heavy atom. The number of carbonyl (C=O) groups is 1. The molecule has 1 saturated heterocycles. The third-order valence-electron chi connectivity index (χ3n) is 5.36. The number of benzene rings is 1. The van der Waals surface area contributed by atoms with E-state index in [2.05, 4.69) is 4.98 Å². The first kappa shape index (κ1) is 23.0. The van der Waals surface area contributed by atoms with Crippen molar-refractivity contribution in [2.24, 2.45) is 0 Å². The Morgan fingerprint density at radius 1 is 1.16 bits per heavy atom. The smallest absolute Gasteiger partial charge is 0.259 e. The van der Waals surface area contributed by atoms with Crippen LogP contribution in [-0.4, -0.2) is 53.9 Å². The molecule has 0 atom stereocenters. The molecule has 1 fully saturated rings. The summed E-state index contributed by atoms with van der Waals surface area (Å²) < 4.78 is 54.4. The van der Waals surface area contributed by atoms with Crippen LogP contribution in [0.4, 0.5) is 8.78 Å². The van der Waals surface area contributed by atoms with Gasteiger partial charge in [-0.05, 0) is 36.4 Å². The number of piperidine rings is 1. The standard InChI is InChI=1S/C21H21F2N3O3S3/c1-32(28,29)26(12-14-13-31-20(24-14)18-6-3-11-30-18)15-7-9-25(10-8-15)21(27)19-16(22)4-2-5-17(19)23/h2-6,11,13,15H,7-10,12H2,1H3. The molecule has 1 aliphatic heterocycles. The van der Waals surface area contributed by atoms with Gasteiger partial charge < -0.3 is 4.90 Å². The molecule has 2 aromatic heterocycles. The summed E-state index contributed by atoms with van der Waals surface area (Å²) in [6.45, 7) is 0.558. The molecule has 4 rings (SSSR count). The highest BCUT2D eigenvalue weighted by Crippen LogP contribution is 2.30. The van der Waals surface area contributed by atoms with E-state index in [1.54, 1.807) is 11.3 Å². The molecule has 0 N–H and O–H groups in total. The fraction of sp³-hybridized carbons (Fsp3) is 0.333. The molecule has 11 heteroatoms. The van der Waals surface area contributed by atoms with Crippen LogP contribution in [0, 0.1) is 11.6 Å². The molecular weight excluding hydrogens is 476 g/mol. The van der Waals surface area contributed by atoms with Gasteiger partial charge in [0.1, 0.15) is 22.2 Å². The summed E-state index contributed by atoms with van der Waals surface area (Å²) in [5.41, 5.74) is 0.0882. The second-order valence-electron chi connectivity index (χ2n) is 7.55. The summed E-state index contributed by atoms with van der Waals surface area (Å²) >= 11 is 3.04. The van der Waals surface area contributed by atoms with Gasteiger partial charge in [-0.2, -0.15) is 4.31 Å². The number of thiazole rings is 1. The highest BCUT2D eigenvalue weighted by atomic mass is 32.2. The molecule has 1 aliphatic rings. The van der Waals surface area contributed by atoms with Crippen molar-refractivity contribution in [3.8, 4) is 9.88 Å². The number of sulfonamides is 1. The van der Waals surface area contributed by atoms with Crippen LogP contribution in [0.5, 0.6) is 0 Å². The Morgan fingerprint density at radius 2 is 1.84 bits per heavy atom. The molecule has 170 valence electrons. The van der Waals surface area contributed by atoms with E-state index in [-0.39, 0.29) is 25.7 Å². The Bertz CT molecular complexity index is 1180. The number of thiophene rings is 1. The van der Waals surface area contributed by atoms with Crippen molar-refractivity contribution in [2.75, 3.05) is 19.3 Å². The molecule has 3 aromatic rings. The second kappa shape index (κ2) is 9.34. The Hall–Kier alpha value is -2.21. The third-order valence-corrected chi connectivity index (χ3v) is 8.57. The van der Waals surface area contributed by atoms with E-state index in [4.69, 9.17) is 0 Å². The van der Waals surface area contributed by atoms with Crippen molar-refractivity contribution in [3.05, 3.63) is 64.0 Å². The van der Waals surface area contributed by atoms with Gasteiger partial charge in [-0.1, -0.05) is 12.1 Å². The number of halogens is 2. The van der Waals surface area contributed by atoms with E-state index < -0.39 is 33.1 Å². The Labute approximate surface area is 193 Å². The first-order valence-corrected chi connectivity index (χ1v) is 13.5. The fourth-order valence-corrected chi connectivity index (χ4v) is 6.53. The predicted octanol–water partition coefficient (Wildman–Crippen LogP) is 4.22. The fourth-order valence-electron chi connectivity index (χ4n) is 3.79. The maximum atomic E-state index is 14.0. The average Bonchev–Trinajstić information content (AvgIpc) is 3.43. The number of nitrogens with zero attached hydrogens (tertiary/aromatic N) is 3. The zero-order valence-corrected chi connectivity index (χ0v) is 19.7. The van der Waals surface area contributed by atoms with Crippen molar-refractivity contribution in [1.29, 1.82) is 0 Å². The molecule has 6 nitrogen and oxygen atoms in total. The first-order chi connectivity index (χ1) is 15.2. The van der Waals surface area contributed by atoms with Crippen LogP contribution >= 0.6 is 22.7 Å². The van der Waals surface area contributed by atoms with E-state index in [0.717, 1.165) is 28.3 Å². The van der Waals surface area contributed by atoms with Gasteiger partial charge in [0.2, 0.25) is 10.0 Å². The molecule has 3 heterocycles. The van der Waals surface area contributed by atoms with Gasteiger partial charge >= 0.3 is 0 Å². The van der Waals surface area contributed by atoms with Crippen LogP contribution in [-0.2, 0) is 16.6 Å². The summed E-state index contributed by atoms with van der Waals surface area (Å²) in [4.78, 5) is 19.6. The van der Waals surface area contributed by atoms with Crippen molar-refractivity contribution in [1.82, 2.24) is 14.2 Å². The summed E-state index contributed by atoms with van der Waals surface area (Å²) in [6.07, 6.45) is 1.90. The van der Waals surface area contributed by atoms with Crippen molar-refractivity contribution in [3.63, 3.8) is 0 Å². The minimum atomic E-state index is -3.53. The van der Waals surface area contributed by atoms with E-state index in [0.29, 0.717) is 18.5 Å². The van der Waals surface area contributed by atoms with Gasteiger partial charge in [-0.25, -0.2) is 22.2 Å². The minimum Gasteiger partial charge on any atom is -0.338 e. The lowest BCUT2D eigenvalue weighted by Crippen LogP contribution is -2.48. The minimum absolute atomic E-state index is 0.140. The zero-order valence-electron chi connectivity index (χ0n) is 17.2. The maximum Gasteiger partial charge on any atom is 0.259 e. The average molecular weight is 498 g/mol. The van der Waals surface area contributed by atoms with Crippen molar-refractivity contribution in [2.45, 2.75) is 25.4 Å². The van der Waals surface area contributed by atoms with Crippen molar-refractivity contribution < 1.29 is 22.0 Å². The van der Waals surface area contributed by atoms with Gasteiger partial charge in [0.15, 0.2) is 0 Å². The van der Waals surface area contributed by atoms with Crippen LogP contribution < -0.4 is 0 Å². The van der Waals surface area contributed by atoms with Gasteiger partial charge in [0, 0.05) is 24.5 Å². The van der Waals surface area contributed by atoms with Crippen LogP contribution in [0.1, 0.15) is 28.9 Å². The SMILES string of the molecule is CS(=O)(=O)N(Cc1csc(-c2cccs2)n1)C1CCN(C(=O)c2c(F)cccc2F)CC1. The largest absolute Gasteiger partial charge is 0.338 e. The van der Waals surface area contributed by atoms with Crippen LogP contribution in [0.15, 0.2) is 41.1 Å². The number of amides is 1. The monoisotopic (exact) mass is 497 g/mol. The summed E-state index contributed by atoms with van der Waals surface area (Å²) in [5, 5.41) is 4.66. The van der Waals surface area contributed by atoms with Gasteiger partial charge in [0.05, 0.1) is 23.4 Å². The van der Waals surface area contributed by atoms with Gasteiger partial charge in [0.25, 0.3) is 5.91 Å². The number of hydrogen-bond donors (Lipinski definition) is 0. The topological polar surface area (TPSA) is 70.6 Å². The van der Waals surface area contributed by atoms with E-state index >= 15 is 0 Å². The third kappa shape index (κ3) is 4.90. The number of aromatic nitrogens is 1. The first-order valence-electron chi connectivity index (χ1n) is 9.92. The molecule has 0 radical (unpaired) electrons. The van der Waals surface area contributed by atoms with Crippen LogP contribution in [0.25, 0.3) is 9.88 Å². The van der Waals surface area contributed by atoms with E-state index in [1.165, 1.54) is 26.6 Å². The maximum absolute atomic E-state index is 14.0. The van der Waals surface area contributed by atoms with Gasteiger partial charge in [-0.3, -0.25) is 4.79 Å². The second-order valence-corrected chi connectivity index (χ2v) is 11.3. The number of carbonyl (C=O) groups excluding carboxylic acids is 1. The summed E-state index contributed by atoms with van der Waals surface area (Å²) in [6, 6.07) is 6.88. The van der Waals surface area contributed by atoms with E-state index in [1.807, 2.05) is 22.9 Å². The van der Waals surface area contributed by atoms with Gasteiger partial charge in [-0.15, -0.1) is 22.7 Å². The van der Waals surface area contributed by atoms with E-state index in [9.17, 15) is 22.0 Å². The predicted molar refractivity (Wildman–Crippen MR) is 121 cm³/mol. The molecule has 0 spiro atoms. The highest BCUT2D eigenvalue weighted by molar-refractivity contribution is 7.88. The summed E-state index contributed by atoms with van der Waals surface area (Å²) in [5.74, 6) is -2.52. The van der Waals surface area contributed by atoms with Crippen LogP contribution in [0.2, 0.25) is 0 Å². The molecule has 32 heavy (non-hydrogen) atoms. The molecule has 0 aliphatic carbocycles. The number of rotatable bonds is 6. The Kier molecular flexibility index (Phi) is 6.70. The lowest BCUT2D eigenvalue weighted by atomic mass is 10.0.